The van der Waals surface area contributed by atoms with Crippen LogP contribution in [0.3, 0.4) is 0 Å². The number of fused-ring (bicyclic) bond motifs is 3. The molecule has 0 aromatic carbocycles. The van der Waals surface area contributed by atoms with Crippen LogP contribution in [0.1, 0.15) is 0 Å². The van der Waals surface area contributed by atoms with Crippen LogP contribution in [0.4, 0.5) is 0 Å². The number of aromatic nitrogens is 4. The van der Waals surface area contributed by atoms with Crippen LogP contribution in [-0.4, -0.2) is 19.9 Å². The van der Waals surface area contributed by atoms with Crippen LogP contribution in [0.15, 0.2) is 29.5 Å². The van der Waals surface area contributed by atoms with Crippen molar-refractivity contribution in [2.45, 2.75) is 0 Å². The molecule has 5 nitrogen and oxygen atoms in total. The number of nitrogens with one attached hydrogen (secondary N) is 2. The number of nitrogens with zero attached hydrogens (tertiary/aromatic N) is 2. The Morgan fingerprint density at radius 2 is 2.07 bits per heavy atom. The molecule has 2 N–H and O–H groups in total. The molecule has 3 heterocycles. The van der Waals surface area contributed by atoms with Crippen molar-refractivity contribution in [2.24, 2.45) is 0 Å². The number of pyridine rings is 2. The summed E-state index contributed by atoms with van der Waals surface area (Å²) in [5.41, 5.74) is 2.33. The number of hydrogen-bond donors (Lipinski definition) is 2. The van der Waals surface area contributed by atoms with Crippen molar-refractivity contribution >= 4 is 22.1 Å². The van der Waals surface area contributed by atoms with E-state index in [9.17, 15) is 4.79 Å². The average molecular weight is 186 g/mol. The molecule has 0 atom stereocenters. The van der Waals surface area contributed by atoms with E-state index in [0.717, 1.165) is 11.0 Å². The van der Waals surface area contributed by atoms with Crippen LogP contribution >= 0.6 is 0 Å². The van der Waals surface area contributed by atoms with Crippen molar-refractivity contribution in [1.29, 1.82) is 0 Å². The van der Waals surface area contributed by atoms with Crippen molar-refractivity contribution < 1.29 is 0 Å². The van der Waals surface area contributed by atoms with E-state index in [0.29, 0.717) is 11.0 Å². The quantitative estimate of drug-likeness (QED) is 0.545. The smallest absolute Gasteiger partial charge is 0.276 e. The van der Waals surface area contributed by atoms with Crippen LogP contribution in [0.2, 0.25) is 0 Å². The molecule has 3 rings (SSSR count). The largest absolute Gasteiger partial charge is 0.358 e. The van der Waals surface area contributed by atoms with Gasteiger partial charge in [-0.3, -0.25) is 4.79 Å². The molecule has 0 amide bonds. The molecule has 3 aromatic heterocycles. The van der Waals surface area contributed by atoms with Crippen LogP contribution in [0, 0.1) is 0 Å². The Labute approximate surface area is 77.8 Å². The van der Waals surface area contributed by atoms with E-state index in [1.165, 1.54) is 6.33 Å². The number of rotatable bonds is 0. The lowest BCUT2D eigenvalue weighted by Crippen LogP contribution is -2.06. The molecule has 0 aliphatic rings. The molecule has 14 heavy (non-hydrogen) atoms. The van der Waals surface area contributed by atoms with Gasteiger partial charge in [-0.15, -0.1) is 0 Å². The van der Waals surface area contributed by atoms with Gasteiger partial charge in [0.05, 0.1) is 11.0 Å². The second-order valence-corrected chi connectivity index (χ2v) is 2.98. The summed E-state index contributed by atoms with van der Waals surface area (Å²) >= 11 is 0. The number of imidazole rings is 1. The minimum Gasteiger partial charge on any atom is -0.358 e. The highest BCUT2D eigenvalue weighted by Gasteiger charge is 2.06. The standard InChI is InChI=1S/C9H6N4O/c14-9-8-7(11-4-12-8)6-5(13-9)2-1-3-10-6/h1-4,10H,(H,13,14). The fourth-order valence-electron chi connectivity index (χ4n) is 1.53. The Balaban J connectivity index is 2.73. The summed E-state index contributed by atoms with van der Waals surface area (Å²) < 4.78 is 0. The zero-order chi connectivity index (χ0) is 9.54. The van der Waals surface area contributed by atoms with Crippen LogP contribution in [-0.2, 0) is 0 Å². The van der Waals surface area contributed by atoms with Crippen molar-refractivity contribution in [3.63, 3.8) is 0 Å². The Morgan fingerprint density at radius 1 is 1.21 bits per heavy atom. The molecule has 0 radical (unpaired) electrons. The number of H-pyrrole nitrogens is 2. The van der Waals surface area contributed by atoms with Gasteiger partial charge >= 0.3 is 0 Å². The van der Waals surface area contributed by atoms with Crippen molar-refractivity contribution in [1.82, 2.24) is 19.9 Å². The average Bonchev–Trinajstić information content (AvgIpc) is 2.67. The SMILES string of the molecule is O=c1[nH]c2ccc[nH]c2c2ncnc12. The topological polar surface area (TPSA) is 74.4 Å². The van der Waals surface area contributed by atoms with Gasteiger partial charge < -0.3 is 9.97 Å². The lowest BCUT2D eigenvalue weighted by atomic mass is 10.3. The van der Waals surface area contributed by atoms with E-state index in [-0.39, 0.29) is 5.56 Å². The van der Waals surface area contributed by atoms with Gasteiger partial charge in [0.2, 0.25) is 0 Å². The third-order valence-corrected chi connectivity index (χ3v) is 2.15. The van der Waals surface area contributed by atoms with Gasteiger partial charge in [-0.05, 0) is 12.1 Å². The zero-order valence-corrected chi connectivity index (χ0v) is 7.11. The third kappa shape index (κ3) is 0.806. The van der Waals surface area contributed by atoms with Gasteiger partial charge in [-0.1, -0.05) is 0 Å². The van der Waals surface area contributed by atoms with Crippen LogP contribution in [0.25, 0.3) is 22.1 Å². The summed E-state index contributed by atoms with van der Waals surface area (Å²) in [7, 11) is 0. The molecule has 5 heteroatoms. The maximum atomic E-state index is 11.5. The molecule has 0 aliphatic carbocycles. The fourth-order valence-corrected chi connectivity index (χ4v) is 1.53. The summed E-state index contributed by atoms with van der Waals surface area (Å²) in [6.07, 6.45) is 3.18. The molecule has 68 valence electrons. The highest BCUT2D eigenvalue weighted by molar-refractivity contribution is 5.98. The van der Waals surface area contributed by atoms with Crippen molar-refractivity contribution in [3.05, 3.63) is 35.0 Å². The monoisotopic (exact) mass is 186 g/mol. The normalized spacial score (nSPS) is 11.1. The molecule has 0 bridgehead atoms. The highest BCUT2D eigenvalue weighted by atomic mass is 16.1. The van der Waals surface area contributed by atoms with E-state index < -0.39 is 0 Å². The Bertz CT molecular complexity index is 667. The maximum Gasteiger partial charge on any atom is 0.276 e. The minimum atomic E-state index is -0.204. The van der Waals surface area contributed by atoms with Crippen LogP contribution < -0.4 is 5.56 Å². The molecule has 0 saturated carbocycles. The van der Waals surface area contributed by atoms with E-state index in [4.69, 9.17) is 0 Å². The first-order valence-electron chi connectivity index (χ1n) is 4.16. The summed E-state index contributed by atoms with van der Waals surface area (Å²) in [6.45, 7) is 0. The zero-order valence-electron chi connectivity index (χ0n) is 7.11. The first kappa shape index (κ1) is 7.25. The highest BCUT2D eigenvalue weighted by Crippen LogP contribution is 2.14. The maximum absolute atomic E-state index is 11.5. The number of hydrogen-bond acceptors (Lipinski definition) is 3. The Kier molecular flexibility index (Phi) is 1.25. The molecule has 0 saturated heterocycles. The minimum absolute atomic E-state index is 0.204. The molecular weight excluding hydrogens is 180 g/mol. The summed E-state index contributed by atoms with van der Waals surface area (Å²) in [5.74, 6) is 0. The van der Waals surface area contributed by atoms with Gasteiger partial charge in [-0.2, -0.15) is 0 Å². The Hall–Kier alpha value is -2.17. The van der Waals surface area contributed by atoms with E-state index >= 15 is 0 Å². The van der Waals surface area contributed by atoms with Crippen LogP contribution in [0.5, 0.6) is 0 Å². The second kappa shape index (κ2) is 2.41. The lowest BCUT2D eigenvalue weighted by molar-refractivity contribution is 1.28. The molecule has 3 aromatic rings. The molecule has 0 fully saturated rings. The summed E-state index contributed by atoms with van der Waals surface area (Å²) in [4.78, 5) is 25.2. The third-order valence-electron chi connectivity index (χ3n) is 2.15. The van der Waals surface area contributed by atoms with Gasteiger partial charge in [0.1, 0.15) is 11.8 Å². The van der Waals surface area contributed by atoms with Gasteiger partial charge in [0, 0.05) is 6.20 Å². The summed E-state index contributed by atoms with van der Waals surface area (Å²) in [5, 5.41) is 0. The van der Waals surface area contributed by atoms with Crippen molar-refractivity contribution in [3.8, 4) is 0 Å². The first-order valence-corrected chi connectivity index (χ1v) is 4.16. The van der Waals surface area contributed by atoms with Gasteiger partial charge in [0.25, 0.3) is 5.56 Å². The predicted octanol–water partition coefficient (Wildman–Crippen LogP) is 0.799. The summed E-state index contributed by atoms with van der Waals surface area (Å²) in [6, 6.07) is 3.64. The molecule has 0 spiro atoms. The van der Waals surface area contributed by atoms with E-state index in [1.807, 2.05) is 12.1 Å². The molecular formula is C9H6N4O. The van der Waals surface area contributed by atoms with Gasteiger partial charge in [0.15, 0.2) is 5.52 Å². The molecule has 0 aliphatic heterocycles. The van der Waals surface area contributed by atoms with E-state index in [2.05, 4.69) is 19.9 Å². The fraction of sp³-hybridized carbons (Fsp3) is 0. The molecule has 0 unspecified atom stereocenters. The van der Waals surface area contributed by atoms with Gasteiger partial charge in [-0.25, -0.2) is 9.97 Å². The predicted molar refractivity (Wildman–Crippen MR) is 52.0 cm³/mol. The first-order chi connectivity index (χ1) is 6.86. The number of aromatic amines is 2. The second-order valence-electron chi connectivity index (χ2n) is 2.98. The lowest BCUT2D eigenvalue weighted by Gasteiger charge is -1.96. The Morgan fingerprint density at radius 3 is 3.00 bits per heavy atom. The van der Waals surface area contributed by atoms with E-state index in [1.54, 1.807) is 6.20 Å². The van der Waals surface area contributed by atoms with Crippen molar-refractivity contribution in [2.75, 3.05) is 0 Å².